The van der Waals surface area contributed by atoms with Gasteiger partial charge in [-0.15, -0.1) is 0 Å². The maximum Gasteiger partial charge on any atom is 0.148 e. The van der Waals surface area contributed by atoms with Crippen molar-refractivity contribution in [3.63, 3.8) is 0 Å². The first kappa shape index (κ1) is 13.6. The smallest absolute Gasteiger partial charge is 0.148 e. The SMILES string of the molecule is NC(c1cc(Cl)c2cccnc2c1O)N1CCCCC1. The van der Waals surface area contributed by atoms with Crippen LogP contribution in [0.5, 0.6) is 5.75 Å². The zero-order valence-corrected chi connectivity index (χ0v) is 12.0. The average Bonchev–Trinajstić information content (AvgIpc) is 2.51. The second-order valence-corrected chi connectivity index (χ2v) is 5.64. The fourth-order valence-electron chi connectivity index (χ4n) is 2.82. The van der Waals surface area contributed by atoms with Gasteiger partial charge in [0.2, 0.25) is 0 Å². The second kappa shape index (κ2) is 5.56. The zero-order valence-electron chi connectivity index (χ0n) is 11.2. The van der Waals surface area contributed by atoms with Gasteiger partial charge >= 0.3 is 0 Å². The quantitative estimate of drug-likeness (QED) is 0.893. The van der Waals surface area contributed by atoms with Crippen LogP contribution in [-0.4, -0.2) is 28.1 Å². The number of rotatable bonds is 2. The number of halogens is 1. The minimum Gasteiger partial charge on any atom is -0.505 e. The van der Waals surface area contributed by atoms with Gasteiger partial charge in [0.15, 0.2) is 0 Å². The highest BCUT2D eigenvalue weighted by molar-refractivity contribution is 6.35. The highest BCUT2D eigenvalue weighted by Gasteiger charge is 2.23. The van der Waals surface area contributed by atoms with Crippen molar-refractivity contribution in [2.75, 3.05) is 13.1 Å². The molecule has 0 saturated carbocycles. The third kappa shape index (κ3) is 2.35. The van der Waals surface area contributed by atoms with Gasteiger partial charge in [-0.2, -0.15) is 0 Å². The minimum atomic E-state index is -0.334. The first-order valence-corrected chi connectivity index (χ1v) is 7.32. The average molecular weight is 292 g/mol. The maximum atomic E-state index is 10.4. The summed E-state index contributed by atoms with van der Waals surface area (Å²) >= 11 is 6.29. The van der Waals surface area contributed by atoms with Gasteiger partial charge in [-0.1, -0.05) is 18.0 Å². The third-order valence-corrected chi connectivity index (χ3v) is 4.26. The van der Waals surface area contributed by atoms with Crippen molar-refractivity contribution in [2.24, 2.45) is 5.73 Å². The summed E-state index contributed by atoms with van der Waals surface area (Å²) in [6, 6.07) is 5.42. The van der Waals surface area contributed by atoms with Crippen LogP contribution in [0.2, 0.25) is 5.02 Å². The number of nitrogens with zero attached hydrogens (tertiary/aromatic N) is 2. The molecule has 2 aromatic rings. The summed E-state index contributed by atoms with van der Waals surface area (Å²) in [5, 5.41) is 11.8. The Labute approximate surface area is 123 Å². The molecule has 0 aliphatic carbocycles. The van der Waals surface area contributed by atoms with Crippen LogP contribution in [0, 0.1) is 0 Å². The Morgan fingerprint density at radius 2 is 2.05 bits per heavy atom. The van der Waals surface area contributed by atoms with Crippen molar-refractivity contribution in [2.45, 2.75) is 25.4 Å². The van der Waals surface area contributed by atoms with E-state index in [9.17, 15) is 5.11 Å². The summed E-state index contributed by atoms with van der Waals surface area (Å²) in [5.74, 6) is 0.142. The van der Waals surface area contributed by atoms with Crippen LogP contribution < -0.4 is 5.73 Å². The summed E-state index contributed by atoms with van der Waals surface area (Å²) in [7, 11) is 0. The number of benzene rings is 1. The number of fused-ring (bicyclic) bond motifs is 1. The monoisotopic (exact) mass is 291 g/mol. The van der Waals surface area contributed by atoms with E-state index in [0.717, 1.165) is 31.3 Å². The van der Waals surface area contributed by atoms with Gasteiger partial charge in [0, 0.05) is 17.1 Å². The van der Waals surface area contributed by atoms with Crippen molar-refractivity contribution in [1.29, 1.82) is 0 Å². The van der Waals surface area contributed by atoms with E-state index in [1.165, 1.54) is 6.42 Å². The van der Waals surface area contributed by atoms with Crippen molar-refractivity contribution in [1.82, 2.24) is 9.88 Å². The Hall–Kier alpha value is -1.36. The molecule has 1 aliphatic rings. The van der Waals surface area contributed by atoms with Gasteiger partial charge in [-0.05, 0) is 44.1 Å². The molecular weight excluding hydrogens is 274 g/mol. The lowest BCUT2D eigenvalue weighted by atomic mass is 10.0. The van der Waals surface area contributed by atoms with E-state index < -0.39 is 0 Å². The minimum absolute atomic E-state index is 0.142. The number of aromatic nitrogens is 1. The van der Waals surface area contributed by atoms with Gasteiger partial charge in [0.1, 0.15) is 11.3 Å². The molecule has 1 saturated heterocycles. The predicted molar refractivity (Wildman–Crippen MR) is 80.8 cm³/mol. The molecule has 4 nitrogen and oxygen atoms in total. The Bertz CT molecular complexity index is 626. The Kier molecular flexibility index (Phi) is 3.78. The summed E-state index contributed by atoms with van der Waals surface area (Å²) in [6.07, 6.45) is 4.85. The molecule has 0 amide bonds. The van der Waals surface area contributed by atoms with Gasteiger partial charge in [0.25, 0.3) is 0 Å². The lowest BCUT2D eigenvalue weighted by Gasteiger charge is -2.32. The van der Waals surface area contributed by atoms with Crippen LogP contribution >= 0.6 is 11.6 Å². The molecule has 0 bridgehead atoms. The van der Waals surface area contributed by atoms with Gasteiger partial charge in [0.05, 0.1) is 11.2 Å². The number of hydrogen-bond donors (Lipinski definition) is 2. The zero-order chi connectivity index (χ0) is 14.1. The molecule has 1 unspecified atom stereocenters. The second-order valence-electron chi connectivity index (χ2n) is 5.24. The van der Waals surface area contributed by atoms with Crippen LogP contribution in [0.25, 0.3) is 10.9 Å². The van der Waals surface area contributed by atoms with E-state index in [-0.39, 0.29) is 11.9 Å². The number of pyridine rings is 1. The Balaban J connectivity index is 2.04. The fraction of sp³-hybridized carbons (Fsp3) is 0.400. The van der Waals surface area contributed by atoms with E-state index >= 15 is 0 Å². The van der Waals surface area contributed by atoms with Crippen LogP contribution in [0.3, 0.4) is 0 Å². The molecule has 5 heteroatoms. The highest BCUT2D eigenvalue weighted by atomic mass is 35.5. The molecule has 3 N–H and O–H groups in total. The molecule has 106 valence electrons. The normalized spacial score (nSPS) is 18.3. The molecule has 0 radical (unpaired) electrons. The first-order valence-electron chi connectivity index (χ1n) is 6.94. The number of phenolic OH excluding ortho intramolecular Hbond substituents is 1. The van der Waals surface area contributed by atoms with E-state index in [4.69, 9.17) is 17.3 Å². The maximum absolute atomic E-state index is 10.4. The Morgan fingerprint density at radius 3 is 2.80 bits per heavy atom. The molecule has 1 aliphatic heterocycles. The van der Waals surface area contributed by atoms with E-state index in [1.54, 1.807) is 18.3 Å². The predicted octanol–water partition coefficient (Wildman–Crippen LogP) is 3.04. The number of likely N-dealkylation sites (tertiary alicyclic amines) is 1. The van der Waals surface area contributed by atoms with Crippen LogP contribution in [-0.2, 0) is 0 Å². The number of phenols is 1. The molecular formula is C15H18ClN3O. The molecule has 1 fully saturated rings. The number of hydrogen-bond acceptors (Lipinski definition) is 4. The van der Waals surface area contributed by atoms with Crippen molar-refractivity contribution in [3.8, 4) is 5.75 Å². The highest BCUT2D eigenvalue weighted by Crippen LogP contribution is 2.36. The largest absolute Gasteiger partial charge is 0.505 e. The van der Waals surface area contributed by atoms with Crippen molar-refractivity contribution >= 4 is 22.5 Å². The molecule has 2 heterocycles. The molecule has 1 atom stereocenters. The summed E-state index contributed by atoms with van der Waals surface area (Å²) < 4.78 is 0. The standard InChI is InChI=1S/C15H18ClN3O/c16-12-9-11(15(17)19-7-2-1-3-8-19)14(20)13-10(12)5-4-6-18-13/h4-6,9,15,20H,1-3,7-8,17H2. The van der Waals surface area contributed by atoms with Crippen LogP contribution in [0.15, 0.2) is 24.4 Å². The number of nitrogens with two attached hydrogens (primary N) is 1. The summed E-state index contributed by atoms with van der Waals surface area (Å²) in [5.41, 5.74) is 7.48. The van der Waals surface area contributed by atoms with Crippen molar-refractivity contribution < 1.29 is 5.11 Å². The molecule has 1 aromatic heterocycles. The fourth-order valence-corrected chi connectivity index (χ4v) is 3.09. The summed E-state index contributed by atoms with van der Waals surface area (Å²) in [4.78, 5) is 6.41. The lowest BCUT2D eigenvalue weighted by molar-refractivity contribution is 0.165. The van der Waals surface area contributed by atoms with Gasteiger partial charge in [-0.25, -0.2) is 0 Å². The number of piperidine rings is 1. The van der Waals surface area contributed by atoms with Crippen LogP contribution in [0.1, 0.15) is 31.0 Å². The van der Waals surface area contributed by atoms with E-state index in [1.807, 2.05) is 6.07 Å². The topological polar surface area (TPSA) is 62.4 Å². The molecule has 1 aromatic carbocycles. The van der Waals surface area contributed by atoms with E-state index in [0.29, 0.717) is 16.1 Å². The molecule has 20 heavy (non-hydrogen) atoms. The van der Waals surface area contributed by atoms with Gasteiger partial charge < -0.3 is 10.8 Å². The van der Waals surface area contributed by atoms with Crippen LogP contribution in [0.4, 0.5) is 0 Å². The van der Waals surface area contributed by atoms with Crippen molar-refractivity contribution in [3.05, 3.63) is 35.0 Å². The first-order chi connectivity index (χ1) is 9.68. The van der Waals surface area contributed by atoms with E-state index in [2.05, 4.69) is 9.88 Å². The Morgan fingerprint density at radius 1 is 1.30 bits per heavy atom. The number of aromatic hydroxyl groups is 1. The molecule has 3 rings (SSSR count). The van der Waals surface area contributed by atoms with Gasteiger partial charge in [-0.3, -0.25) is 9.88 Å². The lowest BCUT2D eigenvalue weighted by Crippen LogP contribution is -2.38. The third-order valence-electron chi connectivity index (χ3n) is 3.95. The molecule has 0 spiro atoms. The summed E-state index contributed by atoms with van der Waals surface area (Å²) in [6.45, 7) is 1.91.